The third kappa shape index (κ3) is 2.45. The highest BCUT2D eigenvalue weighted by atomic mass is 16.5. The standard InChI is InChI=1S/C13H13NO3/c1-8-5-4-6-10(12(8)17-3)9(2)11(7-14)13(15)16/h4-6H,1-3H3,(H,15,16). The number of hydrogen-bond acceptors (Lipinski definition) is 3. The van der Waals surface area contributed by atoms with Gasteiger partial charge in [-0.05, 0) is 25.0 Å². The van der Waals surface area contributed by atoms with Crippen molar-refractivity contribution in [2.75, 3.05) is 7.11 Å². The number of aryl methyl sites for hydroxylation is 1. The summed E-state index contributed by atoms with van der Waals surface area (Å²) in [5, 5.41) is 17.7. The van der Waals surface area contributed by atoms with Gasteiger partial charge in [0, 0.05) is 5.56 Å². The van der Waals surface area contributed by atoms with Crippen molar-refractivity contribution in [3.63, 3.8) is 0 Å². The van der Waals surface area contributed by atoms with Crippen molar-refractivity contribution in [2.24, 2.45) is 0 Å². The Balaban J connectivity index is 3.50. The van der Waals surface area contributed by atoms with Crippen LogP contribution in [-0.4, -0.2) is 18.2 Å². The minimum absolute atomic E-state index is 0.270. The molecule has 1 N–H and O–H groups in total. The van der Waals surface area contributed by atoms with Crippen LogP contribution in [0.2, 0.25) is 0 Å². The van der Waals surface area contributed by atoms with Crippen LogP contribution in [0.15, 0.2) is 23.8 Å². The summed E-state index contributed by atoms with van der Waals surface area (Å²) in [5.74, 6) is -0.632. The molecule has 0 saturated heterocycles. The molecular weight excluding hydrogens is 218 g/mol. The number of carbonyl (C=O) groups is 1. The van der Waals surface area contributed by atoms with Crippen LogP contribution in [-0.2, 0) is 4.79 Å². The van der Waals surface area contributed by atoms with Gasteiger partial charge in [0.15, 0.2) is 0 Å². The van der Waals surface area contributed by atoms with E-state index in [1.807, 2.05) is 13.0 Å². The fourth-order valence-electron chi connectivity index (χ4n) is 1.65. The molecular formula is C13H13NO3. The van der Waals surface area contributed by atoms with Crippen LogP contribution in [0.1, 0.15) is 18.1 Å². The summed E-state index contributed by atoms with van der Waals surface area (Å²) in [5.41, 5.74) is 1.66. The first-order valence-corrected chi connectivity index (χ1v) is 5.01. The van der Waals surface area contributed by atoms with E-state index in [0.29, 0.717) is 16.9 Å². The van der Waals surface area contributed by atoms with E-state index in [4.69, 9.17) is 15.1 Å². The summed E-state index contributed by atoms with van der Waals surface area (Å²) < 4.78 is 5.24. The molecule has 4 heteroatoms. The van der Waals surface area contributed by atoms with Crippen molar-refractivity contribution < 1.29 is 14.6 Å². The van der Waals surface area contributed by atoms with Gasteiger partial charge in [0.1, 0.15) is 17.4 Å². The molecule has 0 radical (unpaired) electrons. The normalized spacial score (nSPS) is 11.4. The smallest absolute Gasteiger partial charge is 0.346 e. The second-order valence-corrected chi connectivity index (χ2v) is 3.57. The van der Waals surface area contributed by atoms with E-state index in [-0.39, 0.29) is 5.57 Å². The first kappa shape index (κ1) is 12.8. The lowest BCUT2D eigenvalue weighted by Gasteiger charge is -2.11. The molecule has 0 fully saturated rings. The Morgan fingerprint density at radius 2 is 2.12 bits per heavy atom. The zero-order valence-electron chi connectivity index (χ0n) is 9.94. The number of aliphatic carboxylic acids is 1. The number of hydrogen-bond donors (Lipinski definition) is 1. The van der Waals surface area contributed by atoms with Gasteiger partial charge in [-0.2, -0.15) is 5.26 Å². The second-order valence-electron chi connectivity index (χ2n) is 3.57. The minimum atomic E-state index is -1.23. The molecule has 88 valence electrons. The highest BCUT2D eigenvalue weighted by molar-refractivity contribution is 6.00. The number of allylic oxidation sites excluding steroid dienone is 1. The number of methoxy groups -OCH3 is 1. The Kier molecular flexibility index (Phi) is 3.89. The maximum atomic E-state index is 10.9. The van der Waals surface area contributed by atoms with Gasteiger partial charge in [-0.1, -0.05) is 18.2 Å². The number of carboxylic acid groups (broad SMARTS) is 1. The van der Waals surface area contributed by atoms with Crippen LogP contribution in [0.4, 0.5) is 0 Å². The summed E-state index contributed by atoms with van der Waals surface area (Å²) in [7, 11) is 1.52. The zero-order chi connectivity index (χ0) is 13.0. The van der Waals surface area contributed by atoms with Gasteiger partial charge >= 0.3 is 5.97 Å². The lowest BCUT2D eigenvalue weighted by molar-refractivity contribution is -0.132. The van der Waals surface area contributed by atoms with Crippen LogP contribution < -0.4 is 4.74 Å². The van der Waals surface area contributed by atoms with Crippen LogP contribution in [0.3, 0.4) is 0 Å². The fourth-order valence-corrected chi connectivity index (χ4v) is 1.65. The van der Waals surface area contributed by atoms with Crippen molar-refractivity contribution in [3.8, 4) is 11.8 Å². The van der Waals surface area contributed by atoms with E-state index >= 15 is 0 Å². The lowest BCUT2D eigenvalue weighted by Crippen LogP contribution is -2.02. The van der Waals surface area contributed by atoms with E-state index in [9.17, 15) is 4.79 Å². The van der Waals surface area contributed by atoms with Crippen LogP contribution >= 0.6 is 0 Å². The largest absolute Gasteiger partial charge is 0.496 e. The van der Waals surface area contributed by atoms with E-state index < -0.39 is 5.97 Å². The molecule has 0 aliphatic rings. The Morgan fingerprint density at radius 3 is 2.59 bits per heavy atom. The summed E-state index contributed by atoms with van der Waals surface area (Å²) in [4.78, 5) is 10.9. The quantitative estimate of drug-likeness (QED) is 0.640. The van der Waals surface area contributed by atoms with Crippen LogP contribution in [0.25, 0.3) is 5.57 Å². The Hall–Kier alpha value is -2.28. The molecule has 1 rings (SSSR count). The second kappa shape index (κ2) is 5.17. The number of carboxylic acids is 1. The van der Waals surface area contributed by atoms with Gasteiger partial charge in [0.05, 0.1) is 7.11 Å². The maximum Gasteiger partial charge on any atom is 0.346 e. The molecule has 0 aliphatic carbocycles. The predicted octanol–water partition coefficient (Wildman–Crippen LogP) is 2.39. The van der Waals surface area contributed by atoms with Crippen molar-refractivity contribution >= 4 is 11.5 Å². The summed E-state index contributed by atoms with van der Waals surface area (Å²) in [6, 6.07) is 7.10. The first-order chi connectivity index (χ1) is 8.02. The number of nitrogens with zero attached hydrogens (tertiary/aromatic N) is 1. The molecule has 0 aromatic heterocycles. The third-order valence-corrected chi connectivity index (χ3v) is 2.52. The topological polar surface area (TPSA) is 70.3 Å². The Bertz CT molecular complexity index is 524. The molecule has 1 aromatic rings. The molecule has 0 saturated carbocycles. The predicted molar refractivity (Wildman–Crippen MR) is 63.6 cm³/mol. The molecule has 1 aromatic carbocycles. The highest BCUT2D eigenvalue weighted by Crippen LogP contribution is 2.30. The zero-order valence-corrected chi connectivity index (χ0v) is 9.94. The van der Waals surface area contributed by atoms with Crippen molar-refractivity contribution in [3.05, 3.63) is 34.9 Å². The van der Waals surface area contributed by atoms with Crippen molar-refractivity contribution in [1.29, 1.82) is 5.26 Å². The fraction of sp³-hybridized carbons (Fsp3) is 0.231. The van der Waals surface area contributed by atoms with Gasteiger partial charge < -0.3 is 9.84 Å². The minimum Gasteiger partial charge on any atom is -0.496 e. The highest BCUT2D eigenvalue weighted by Gasteiger charge is 2.15. The van der Waals surface area contributed by atoms with Crippen LogP contribution in [0, 0.1) is 18.3 Å². The number of rotatable bonds is 3. The van der Waals surface area contributed by atoms with E-state index in [0.717, 1.165) is 5.56 Å². The summed E-state index contributed by atoms with van der Waals surface area (Å²) >= 11 is 0. The first-order valence-electron chi connectivity index (χ1n) is 5.01. The number of para-hydroxylation sites is 1. The number of benzene rings is 1. The molecule has 0 unspecified atom stereocenters. The lowest BCUT2D eigenvalue weighted by atomic mass is 9.99. The van der Waals surface area contributed by atoms with Crippen molar-refractivity contribution in [1.82, 2.24) is 0 Å². The molecule has 0 atom stereocenters. The van der Waals surface area contributed by atoms with Crippen molar-refractivity contribution in [2.45, 2.75) is 13.8 Å². The number of ether oxygens (including phenoxy) is 1. The Morgan fingerprint density at radius 1 is 1.47 bits per heavy atom. The SMILES string of the molecule is COc1c(C)cccc1C(C)=C(C#N)C(=O)O. The van der Waals surface area contributed by atoms with Crippen LogP contribution in [0.5, 0.6) is 5.75 Å². The average molecular weight is 231 g/mol. The van der Waals surface area contributed by atoms with Gasteiger partial charge in [0.25, 0.3) is 0 Å². The monoisotopic (exact) mass is 231 g/mol. The van der Waals surface area contributed by atoms with E-state index in [1.165, 1.54) is 7.11 Å². The molecule has 0 bridgehead atoms. The van der Waals surface area contributed by atoms with E-state index in [2.05, 4.69) is 0 Å². The van der Waals surface area contributed by atoms with Gasteiger partial charge in [-0.3, -0.25) is 0 Å². The number of nitriles is 1. The molecule has 0 amide bonds. The molecule has 0 heterocycles. The third-order valence-electron chi connectivity index (χ3n) is 2.52. The van der Waals surface area contributed by atoms with Gasteiger partial charge in [-0.15, -0.1) is 0 Å². The molecule has 0 aliphatic heterocycles. The maximum absolute atomic E-state index is 10.9. The summed E-state index contributed by atoms with van der Waals surface area (Å²) in [6.07, 6.45) is 0. The summed E-state index contributed by atoms with van der Waals surface area (Å²) in [6.45, 7) is 3.46. The van der Waals surface area contributed by atoms with Gasteiger partial charge in [0.2, 0.25) is 0 Å². The van der Waals surface area contributed by atoms with Gasteiger partial charge in [-0.25, -0.2) is 4.79 Å². The molecule has 4 nitrogen and oxygen atoms in total. The Labute approximate surface area is 99.8 Å². The van der Waals surface area contributed by atoms with E-state index in [1.54, 1.807) is 25.1 Å². The average Bonchev–Trinajstić information content (AvgIpc) is 2.28. The molecule has 17 heavy (non-hydrogen) atoms. The molecule has 0 spiro atoms.